The van der Waals surface area contributed by atoms with E-state index in [0.717, 1.165) is 16.8 Å². The van der Waals surface area contributed by atoms with E-state index >= 15 is 0 Å². The van der Waals surface area contributed by atoms with Crippen LogP contribution in [0.1, 0.15) is 23.4 Å². The molecule has 0 unspecified atom stereocenters. The van der Waals surface area contributed by atoms with Gasteiger partial charge in [-0.3, -0.25) is 9.69 Å². The average molecular weight is 474 g/mol. The quantitative estimate of drug-likeness (QED) is 0.380. The highest BCUT2D eigenvalue weighted by Crippen LogP contribution is 2.44. The number of ether oxygens (including phenoxy) is 2. The Morgan fingerprint density at radius 3 is 2.29 bits per heavy atom. The third-order valence-electron chi connectivity index (χ3n) is 4.83. The normalized spacial score (nSPS) is 15.9. The summed E-state index contributed by atoms with van der Waals surface area (Å²) in [6.07, 6.45) is 0. The molecule has 0 bridgehead atoms. The number of rotatable bonds is 7. The molecule has 0 aromatic heterocycles. The van der Waals surface area contributed by atoms with E-state index in [0.29, 0.717) is 40.5 Å². The molecule has 1 saturated heterocycles. The molecule has 160 valence electrons. The molecule has 0 saturated carbocycles. The van der Waals surface area contributed by atoms with Crippen molar-refractivity contribution < 1.29 is 14.3 Å². The van der Waals surface area contributed by atoms with Crippen molar-refractivity contribution in [2.24, 2.45) is 0 Å². The topological polar surface area (TPSA) is 38.8 Å². The van der Waals surface area contributed by atoms with Gasteiger partial charge in [0.1, 0.15) is 12.0 Å². The molecule has 1 heterocycles. The van der Waals surface area contributed by atoms with Crippen LogP contribution in [-0.2, 0) is 11.4 Å². The molecule has 1 amide bonds. The van der Waals surface area contributed by atoms with Gasteiger partial charge in [0.15, 0.2) is 11.5 Å². The van der Waals surface area contributed by atoms with Gasteiger partial charge in [0.25, 0.3) is 0 Å². The Kier molecular flexibility index (Phi) is 6.96. The summed E-state index contributed by atoms with van der Waals surface area (Å²) >= 11 is 13.6. The number of hydrogen-bond donors (Lipinski definition) is 0. The monoisotopic (exact) mass is 473 g/mol. The van der Waals surface area contributed by atoms with E-state index in [1.807, 2.05) is 61.5 Å². The molecular weight excluding hydrogens is 453 g/mol. The number of carbonyl (C=O) groups excluding carboxylic acids is 1. The number of hydrogen-bond acceptors (Lipinski definition) is 4. The predicted molar refractivity (Wildman–Crippen MR) is 128 cm³/mol. The van der Waals surface area contributed by atoms with Crippen LogP contribution in [0.25, 0.3) is 0 Å². The van der Waals surface area contributed by atoms with Gasteiger partial charge in [-0.2, -0.15) is 0 Å². The summed E-state index contributed by atoms with van der Waals surface area (Å²) < 4.78 is 11.9. The first-order valence-corrected chi connectivity index (χ1v) is 11.7. The Morgan fingerprint density at radius 1 is 0.935 bits per heavy atom. The minimum absolute atomic E-state index is 0.0679. The maximum absolute atomic E-state index is 12.6. The smallest absolute Gasteiger partial charge is 0.238 e. The third kappa shape index (κ3) is 5.12. The highest BCUT2D eigenvalue weighted by Gasteiger charge is 2.34. The number of carbonyl (C=O) groups is 1. The van der Waals surface area contributed by atoms with Crippen LogP contribution in [0.5, 0.6) is 11.5 Å². The number of anilines is 1. The molecule has 0 aliphatic carbocycles. The predicted octanol–water partition coefficient (Wildman–Crippen LogP) is 6.75. The Hall–Kier alpha value is -2.34. The number of nitrogens with zero attached hydrogens (tertiary/aromatic N) is 1. The Bertz CT molecular complexity index is 1060. The summed E-state index contributed by atoms with van der Waals surface area (Å²) in [5, 5.41) is 1.19. The summed E-state index contributed by atoms with van der Waals surface area (Å²) in [6, 6.07) is 20.7. The second-order valence-electron chi connectivity index (χ2n) is 6.96. The van der Waals surface area contributed by atoms with Crippen molar-refractivity contribution in [3.05, 3.63) is 87.9 Å². The van der Waals surface area contributed by atoms with Gasteiger partial charge < -0.3 is 9.47 Å². The molecule has 1 aliphatic heterocycles. The van der Waals surface area contributed by atoms with Crippen LogP contribution in [0.2, 0.25) is 10.0 Å². The van der Waals surface area contributed by atoms with Gasteiger partial charge in [-0.1, -0.05) is 41.4 Å². The summed E-state index contributed by atoms with van der Waals surface area (Å²) in [5.74, 6) is 1.81. The SMILES string of the molecule is CCOc1cc([C@H]2SCC(=O)N2c2ccc(Cl)cc2)ccc1OCc1ccc(Cl)cc1. The van der Waals surface area contributed by atoms with Gasteiger partial charge in [0, 0.05) is 15.7 Å². The molecule has 4 rings (SSSR count). The average Bonchev–Trinajstić information content (AvgIpc) is 3.16. The van der Waals surface area contributed by atoms with Crippen LogP contribution >= 0.6 is 35.0 Å². The molecule has 4 nitrogen and oxygen atoms in total. The second-order valence-corrected chi connectivity index (χ2v) is 8.90. The molecule has 1 atom stereocenters. The Labute approximate surface area is 196 Å². The molecule has 1 fully saturated rings. The van der Waals surface area contributed by atoms with Crippen molar-refractivity contribution in [2.45, 2.75) is 18.9 Å². The lowest BCUT2D eigenvalue weighted by atomic mass is 10.1. The first kappa shape index (κ1) is 21.9. The number of amides is 1. The van der Waals surface area contributed by atoms with Crippen molar-refractivity contribution in [3.8, 4) is 11.5 Å². The van der Waals surface area contributed by atoms with Gasteiger partial charge in [0.2, 0.25) is 5.91 Å². The molecule has 0 spiro atoms. The van der Waals surface area contributed by atoms with Crippen LogP contribution in [0.4, 0.5) is 5.69 Å². The van der Waals surface area contributed by atoms with Crippen molar-refractivity contribution in [1.29, 1.82) is 0 Å². The van der Waals surface area contributed by atoms with Crippen molar-refractivity contribution in [3.63, 3.8) is 0 Å². The number of benzene rings is 3. The molecule has 0 radical (unpaired) electrons. The zero-order valence-corrected chi connectivity index (χ0v) is 19.2. The molecule has 1 aliphatic rings. The van der Waals surface area contributed by atoms with Crippen molar-refractivity contribution in [2.75, 3.05) is 17.3 Å². The molecule has 31 heavy (non-hydrogen) atoms. The highest BCUT2D eigenvalue weighted by atomic mass is 35.5. The lowest BCUT2D eigenvalue weighted by Gasteiger charge is -2.25. The lowest BCUT2D eigenvalue weighted by molar-refractivity contribution is -0.115. The lowest BCUT2D eigenvalue weighted by Crippen LogP contribution is -2.27. The zero-order valence-electron chi connectivity index (χ0n) is 16.9. The van der Waals surface area contributed by atoms with Crippen LogP contribution in [0.15, 0.2) is 66.7 Å². The molecular formula is C24H21Cl2NO3S. The van der Waals surface area contributed by atoms with Gasteiger partial charge in [-0.15, -0.1) is 11.8 Å². The van der Waals surface area contributed by atoms with E-state index in [-0.39, 0.29) is 11.3 Å². The number of thioether (sulfide) groups is 1. The van der Waals surface area contributed by atoms with E-state index in [9.17, 15) is 4.79 Å². The van der Waals surface area contributed by atoms with Gasteiger partial charge in [-0.05, 0) is 66.6 Å². The summed E-state index contributed by atoms with van der Waals surface area (Å²) in [4.78, 5) is 14.4. The Balaban J connectivity index is 1.58. The number of halogens is 2. The molecule has 0 N–H and O–H groups in total. The van der Waals surface area contributed by atoms with E-state index < -0.39 is 0 Å². The van der Waals surface area contributed by atoms with E-state index in [4.69, 9.17) is 32.7 Å². The van der Waals surface area contributed by atoms with E-state index in [2.05, 4.69) is 0 Å². The maximum Gasteiger partial charge on any atom is 0.238 e. The second kappa shape index (κ2) is 9.86. The summed E-state index contributed by atoms with van der Waals surface area (Å²) in [7, 11) is 0. The standard InChI is InChI=1S/C24H21Cl2NO3S/c1-2-29-22-13-17(5-12-21(22)30-14-16-3-6-18(25)7-4-16)24-27(23(28)15-31-24)20-10-8-19(26)9-11-20/h3-13,24H,2,14-15H2,1H3/t24-/m1/s1. The van der Waals surface area contributed by atoms with E-state index in [1.165, 1.54) is 0 Å². The highest BCUT2D eigenvalue weighted by molar-refractivity contribution is 8.00. The molecule has 7 heteroatoms. The molecule has 3 aromatic rings. The van der Waals surface area contributed by atoms with Crippen molar-refractivity contribution in [1.82, 2.24) is 0 Å². The fraction of sp³-hybridized carbons (Fsp3) is 0.208. The minimum atomic E-state index is -0.141. The fourth-order valence-corrected chi connectivity index (χ4v) is 4.78. The minimum Gasteiger partial charge on any atom is -0.490 e. The Morgan fingerprint density at radius 2 is 1.61 bits per heavy atom. The molecule has 3 aromatic carbocycles. The van der Waals surface area contributed by atoms with Crippen molar-refractivity contribution >= 4 is 46.6 Å². The first-order valence-electron chi connectivity index (χ1n) is 9.88. The van der Waals surface area contributed by atoms with E-state index in [1.54, 1.807) is 28.8 Å². The zero-order chi connectivity index (χ0) is 21.8. The fourth-order valence-electron chi connectivity index (χ4n) is 3.36. The van der Waals surface area contributed by atoms with Gasteiger partial charge in [0.05, 0.1) is 12.4 Å². The van der Waals surface area contributed by atoms with Crippen LogP contribution in [-0.4, -0.2) is 18.3 Å². The summed E-state index contributed by atoms with van der Waals surface area (Å²) in [5.41, 5.74) is 2.82. The maximum atomic E-state index is 12.6. The van der Waals surface area contributed by atoms with Crippen LogP contribution < -0.4 is 14.4 Å². The first-order chi connectivity index (χ1) is 15.0. The third-order valence-corrected chi connectivity index (χ3v) is 6.55. The summed E-state index contributed by atoms with van der Waals surface area (Å²) in [6.45, 7) is 2.85. The van der Waals surface area contributed by atoms with Gasteiger partial charge in [-0.25, -0.2) is 0 Å². The largest absolute Gasteiger partial charge is 0.490 e. The van der Waals surface area contributed by atoms with Crippen LogP contribution in [0, 0.1) is 0 Å². The van der Waals surface area contributed by atoms with Crippen LogP contribution in [0.3, 0.4) is 0 Å². The van der Waals surface area contributed by atoms with Gasteiger partial charge >= 0.3 is 0 Å².